The molecule has 0 amide bonds. The molecule has 0 fully saturated rings. The van der Waals surface area contributed by atoms with Crippen LogP contribution >= 0.6 is 0 Å². The van der Waals surface area contributed by atoms with E-state index in [0.29, 0.717) is 13.2 Å². The first-order valence-corrected chi connectivity index (χ1v) is 8.37. The summed E-state index contributed by atoms with van der Waals surface area (Å²) in [6.07, 6.45) is 4.51. The largest absolute Gasteiger partial charge is 0.508 e. The molecule has 0 saturated carbocycles. The Morgan fingerprint density at radius 3 is 1.35 bits per heavy atom. The summed E-state index contributed by atoms with van der Waals surface area (Å²) in [6, 6.07) is 0. The van der Waals surface area contributed by atoms with Gasteiger partial charge in [0.1, 0.15) is 13.2 Å². The highest BCUT2D eigenvalue weighted by Crippen LogP contribution is 1.97. The van der Waals surface area contributed by atoms with Crippen molar-refractivity contribution in [2.24, 2.45) is 0 Å². The van der Waals surface area contributed by atoms with Crippen molar-refractivity contribution in [3.8, 4) is 0 Å². The summed E-state index contributed by atoms with van der Waals surface area (Å²) in [5.74, 6) is 0. The van der Waals surface area contributed by atoms with E-state index in [-0.39, 0.29) is 26.4 Å². The van der Waals surface area contributed by atoms with E-state index in [1.165, 1.54) is 0 Å². The average Bonchev–Trinajstić information content (AvgIpc) is 2.54. The van der Waals surface area contributed by atoms with Crippen LogP contribution in [0.25, 0.3) is 0 Å². The van der Waals surface area contributed by atoms with E-state index in [1.54, 1.807) is 0 Å². The van der Waals surface area contributed by atoms with Crippen LogP contribution in [0.5, 0.6) is 0 Å². The summed E-state index contributed by atoms with van der Waals surface area (Å²) < 4.78 is 24.5. The lowest BCUT2D eigenvalue weighted by molar-refractivity contribution is 0.00572. The Morgan fingerprint density at radius 2 is 0.957 bits per heavy atom. The molecule has 0 unspecified atom stereocenters. The highest BCUT2D eigenvalue weighted by molar-refractivity contribution is 5.60. The standard InChI is InChI=1S/C16H30O7/c1-3-5-7-9-20-15(17)22-13-11-19-12-14-23-16(18)21-10-8-6-4-2/h3-14H2,1-2H3. The summed E-state index contributed by atoms with van der Waals surface area (Å²) in [6.45, 7) is 5.56. The number of ether oxygens (including phenoxy) is 5. The second-order valence-corrected chi connectivity index (χ2v) is 4.92. The van der Waals surface area contributed by atoms with Crippen molar-refractivity contribution >= 4 is 12.3 Å². The quantitative estimate of drug-likeness (QED) is 0.354. The summed E-state index contributed by atoms with van der Waals surface area (Å²) in [5, 5.41) is 0. The number of unbranched alkanes of at least 4 members (excludes halogenated alkanes) is 4. The molecule has 0 aliphatic heterocycles. The molecule has 0 atom stereocenters. The molecule has 136 valence electrons. The highest BCUT2D eigenvalue weighted by atomic mass is 16.7. The molecule has 0 aliphatic carbocycles. The van der Waals surface area contributed by atoms with E-state index >= 15 is 0 Å². The average molecular weight is 334 g/mol. The minimum absolute atomic E-state index is 0.105. The fraction of sp³-hybridized carbons (Fsp3) is 0.875. The molecule has 0 bridgehead atoms. The zero-order valence-electron chi connectivity index (χ0n) is 14.3. The van der Waals surface area contributed by atoms with Crippen molar-refractivity contribution in [3.05, 3.63) is 0 Å². The molecule has 0 N–H and O–H groups in total. The molecule has 7 nitrogen and oxygen atoms in total. The van der Waals surface area contributed by atoms with Crippen molar-refractivity contribution in [1.29, 1.82) is 0 Å². The smallest absolute Gasteiger partial charge is 0.434 e. The van der Waals surface area contributed by atoms with Crippen LogP contribution in [0.3, 0.4) is 0 Å². The number of hydrogen-bond acceptors (Lipinski definition) is 7. The minimum atomic E-state index is -0.684. The summed E-state index contributed by atoms with van der Waals surface area (Å²) >= 11 is 0. The van der Waals surface area contributed by atoms with Gasteiger partial charge in [-0.25, -0.2) is 9.59 Å². The lowest BCUT2D eigenvalue weighted by Crippen LogP contribution is -2.16. The Morgan fingerprint density at radius 1 is 0.565 bits per heavy atom. The maximum atomic E-state index is 11.1. The van der Waals surface area contributed by atoms with Gasteiger partial charge in [-0.05, 0) is 12.8 Å². The van der Waals surface area contributed by atoms with Gasteiger partial charge in [-0.15, -0.1) is 0 Å². The number of carbonyl (C=O) groups is 2. The van der Waals surface area contributed by atoms with Crippen LogP contribution in [0, 0.1) is 0 Å². The third-order valence-electron chi connectivity index (χ3n) is 2.83. The highest BCUT2D eigenvalue weighted by Gasteiger charge is 2.04. The molecule has 7 heteroatoms. The number of hydrogen-bond donors (Lipinski definition) is 0. The molecule has 0 saturated heterocycles. The Kier molecular flexibility index (Phi) is 15.8. The first-order chi connectivity index (χ1) is 11.2. The van der Waals surface area contributed by atoms with E-state index in [1.807, 2.05) is 0 Å². The van der Waals surface area contributed by atoms with Crippen LogP contribution < -0.4 is 0 Å². The van der Waals surface area contributed by atoms with E-state index in [0.717, 1.165) is 38.5 Å². The summed E-state index contributed by atoms with van der Waals surface area (Å²) in [4.78, 5) is 22.3. The van der Waals surface area contributed by atoms with Crippen LogP contribution in [0.2, 0.25) is 0 Å². The zero-order valence-corrected chi connectivity index (χ0v) is 14.3. The Bertz CT molecular complexity index is 266. The van der Waals surface area contributed by atoms with Gasteiger partial charge in [-0.3, -0.25) is 0 Å². The van der Waals surface area contributed by atoms with Crippen molar-refractivity contribution in [2.45, 2.75) is 52.4 Å². The summed E-state index contributed by atoms with van der Waals surface area (Å²) in [5.41, 5.74) is 0. The van der Waals surface area contributed by atoms with E-state index in [4.69, 9.17) is 23.7 Å². The van der Waals surface area contributed by atoms with Gasteiger partial charge in [0.15, 0.2) is 0 Å². The van der Waals surface area contributed by atoms with Gasteiger partial charge in [0, 0.05) is 0 Å². The third kappa shape index (κ3) is 16.7. The van der Waals surface area contributed by atoms with Crippen LogP contribution in [0.15, 0.2) is 0 Å². The molecule has 0 spiro atoms. The van der Waals surface area contributed by atoms with Gasteiger partial charge in [0.2, 0.25) is 0 Å². The topological polar surface area (TPSA) is 80.3 Å². The fourth-order valence-corrected chi connectivity index (χ4v) is 1.57. The lowest BCUT2D eigenvalue weighted by Gasteiger charge is -2.08. The molecule has 0 heterocycles. The molecule has 0 aromatic heterocycles. The maximum Gasteiger partial charge on any atom is 0.508 e. The van der Waals surface area contributed by atoms with Gasteiger partial charge >= 0.3 is 12.3 Å². The van der Waals surface area contributed by atoms with Crippen molar-refractivity contribution in [1.82, 2.24) is 0 Å². The van der Waals surface area contributed by atoms with E-state index in [2.05, 4.69) is 13.8 Å². The number of rotatable bonds is 14. The lowest BCUT2D eigenvalue weighted by atomic mass is 10.3. The predicted octanol–water partition coefficient (Wildman–Crippen LogP) is 3.69. The Balaban J connectivity index is 3.26. The van der Waals surface area contributed by atoms with E-state index in [9.17, 15) is 9.59 Å². The minimum Gasteiger partial charge on any atom is -0.434 e. The van der Waals surface area contributed by atoms with E-state index < -0.39 is 12.3 Å². The van der Waals surface area contributed by atoms with Crippen molar-refractivity contribution in [2.75, 3.05) is 39.6 Å². The molecule has 0 aromatic carbocycles. The molecular weight excluding hydrogens is 304 g/mol. The normalized spacial score (nSPS) is 10.2. The SMILES string of the molecule is CCCCCOC(=O)OCCOCCOC(=O)OCCCCC. The molecule has 0 rings (SSSR count). The molecular formula is C16H30O7. The van der Waals surface area contributed by atoms with Crippen molar-refractivity contribution in [3.63, 3.8) is 0 Å². The van der Waals surface area contributed by atoms with Gasteiger partial charge < -0.3 is 23.7 Å². The summed E-state index contributed by atoms with van der Waals surface area (Å²) in [7, 11) is 0. The van der Waals surface area contributed by atoms with Crippen molar-refractivity contribution < 1.29 is 33.3 Å². The van der Waals surface area contributed by atoms with Crippen LogP contribution in [-0.2, 0) is 23.7 Å². The first-order valence-electron chi connectivity index (χ1n) is 8.37. The van der Waals surface area contributed by atoms with Gasteiger partial charge in [-0.2, -0.15) is 0 Å². The Labute approximate surface area is 138 Å². The maximum absolute atomic E-state index is 11.1. The zero-order chi connectivity index (χ0) is 17.2. The Hall–Kier alpha value is -1.50. The van der Waals surface area contributed by atoms with Gasteiger partial charge in [0.05, 0.1) is 26.4 Å². The molecule has 0 radical (unpaired) electrons. The number of carbonyl (C=O) groups excluding carboxylic acids is 2. The fourth-order valence-electron chi connectivity index (χ4n) is 1.57. The first kappa shape index (κ1) is 21.5. The monoisotopic (exact) mass is 334 g/mol. The predicted molar refractivity (Wildman–Crippen MR) is 84.5 cm³/mol. The second-order valence-electron chi connectivity index (χ2n) is 4.92. The second kappa shape index (κ2) is 16.9. The van der Waals surface area contributed by atoms with Gasteiger partial charge in [-0.1, -0.05) is 39.5 Å². The van der Waals surface area contributed by atoms with Crippen LogP contribution in [0.4, 0.5) is 9.59 Å². The molecule has 23 heavy (non-hydrogen) atoms. The molecule has 0 aromatic rings. The van der Waals surface area contributed by atoms with Crippen LogP contribution in [-0.4, -0.2) is 52.0 Å². The third-order valence-corrected chi connectivity index (χ3v) is 2.83. The molecule has 0 aliphatic rings. The van der Waals surface area contributed by atoms with Gasteiger partial charge in [0.25, 0.3) is 0 Å². The van der Waals surface area contributed by atoms with Crippen LogP contribution in [0.1, 0.15) is 52.4 Å².